The van der Waals surface area contributed by atoms with E-state index in [2.05, 4.69) is 5.32 Å². The van der Waals surface area contributed by atoms with Crippen LogP contribution in [0.2, 0.25) is 0 Å². The molecule has 4 nitrogen and oxygen atoms in total. The Morgan fingerprint density at radius 1 is 1.45 bits per heavy atom. The highest BCUT2D eigenvalue weighted by atomic mass is 16.1. The third kappa shape index (κ3) is 1.73. The maximum absolute atomic E-state index is 10.0. The molecule has 0 saturated carbocycles. The van der Waals surface area contributed by atoms with Gasteiger partial charge in [-0.15, -0.1) is 0 Å². The number of allylic oxidation sites excluding steroid dienone is 1. The predicted octanol–water partition coefficient (Wildman–Crippen LogP) is -0.120. The standard InChI is InChI=1S/C7H11N3O/c1-9-4-3-7(8-6-11)5-10(9)2/h3-6H,1-2H3,(H,8,11). The molecule has 4 heteroatoms. The van der Waals surface area contributed by atoms with E-state index >= 15 is 0 Å². The Hall–Kier alpha value is -1.45. The van der Waals surface area contributed by atoms with Crippen molar-refractivity contribution in [2.45, 2.75) is 0 Å². The fourth-order valence-corrected chi connectivity index (χ4v) is 0.782. The lowest BCUT2D eigenvalue weighted by Crippen LogP contribution is -2.31. The average molecular weight is 153 g/mol. The number of hydrogen-bond donors (Lipinski definition) is 1. The van der Waals surface area contributed by atoms with Gasteiger partial charge in [-0.1, -0.05) is 0 Å². The summed E-state index contributed by atoms with van der Waals surface area (Å²) in [4.78, 5) is 10.0. The zero-order valence-corrected chi connectivity index (χ0v) is 6.61. The van der Waals surface area contributed by atoms with Crippen LogP contribution in [-0.4, -0.2) is 30.5 Å². The second-order valence-corrected chi connectivity index (χ2v) is 2.31. The number of rotatable bonds is 2. The molecule has 1 amide bonds. The number of nitrogens with one attached hydrogen (secondary N) is 1. The van der Waals surface area contributed by atoms with Crippen LogP contribution in [0, 0.1) is 0 Å². The van der Waals surface area contributed by atoms with Gasteiger partial charge in [0.05, 0.1) is 5.70 Å². The monoisotopic (exact) mass is 153 g/mol. The van der Waals surface area contributed by atoms with Gasteiger partial charge in [-0.25, -0.2) is 0 Å². The minimum absolute atomic E-state index is 0.662. The fraction of sp³-hybridized carbons (Fsp3) is 0.286. The van der Waals surface area contributed by atoms with E-state index in [-0.39, 0.29) is 0 Å². The zero-order chi connectivity index (χ0) is 8.27. The average Bonchev–Trinajstić information content (AvgIpc) is 1.98. The van der Waals surface area contributed by atoms with Crippen molar-refractivity contribution >= 4 is 6.41 Å². The van der Waals surface area contributed by atoms with Crippen LogP contribution in [0.25, 0.3) is 0 Å². The summed E-state index contributed by atoms with van der Waals surface area (Å²) in [6, 6.07) is 0. The van der Waals surface area contributed by atoms with Crippen LogP contribution in [0.1, 0.15) is 0 Å². The predicted molar refractivity (Wildman–Crippen MR) is 41.9 cm³/mol. The summed E-state index contributed by atoms with van der Waals surface area (Å²) in [6.45, 7) is 0. The molecule has 0 radical (unpaired) electrons. The number of nitrogens with zero attached hydrogens (tertiary/aromatic N) is 2. The highest BCUT2D eigenvalue weighted by Crippen LogP contribution is 2.04. The maximum atomic E-state index is 10.0. The molecule has 0 aliphatic carbocycles. The van der Waals surface area contributed by atoms with Crippen molar-refractivity contribution in [2.24, 2.45) is 0 Å². The Kier molecular flexibility index (Phi) is 2.15. The SMILES string of the molecule is CN1C=CC(NC=O)=CN1C. The van der Waals surface area contributed by atoms with Crippen LogP contribution < -0.4 is 5.32 Å². The van der Waals surface area contributed by atoms with E-state index in [1.54, 1.807) is 0 Å². The van der Waals surface area contributed by atoms with Crippen molar-refractivity contribution in [1.29, 1.82) is 0 Å². The quantitative estimate of drug-likeness (QED) is 0.562. The van der Waals surface area contributed by atoms with Crippen molar-refractivity contribution in [2.75, 3.05) is 14.1 Å². The van der Waals surface area contributed by atoms with E-state index < -0.39 is 0 Å². The normalized spacial score (nSPS) is 16.4. The van der Waals surface area contributed by atoms with Gasteiger partial charge >= 0.3 is 0 Å². The first-order valence-electron chi connectivity index (χ1n) is 3.30. The van der Waals surface area contributed by atoms with Gasteiger partial charge in [0.2, 0.25) is 6.41 Å². The number of amides is 1. The molecule has 0 aromatic carbocycles. The lowest BCUT2D eigenvalue weighted by Gasteiger charge is -2.28. The molecule has 0 aromatic rings. The second kappa shape index (κ2) is 3.09. The molecule has 1 N–H and O–H groups in total. The first kappa shape index (κ1) is 7.65. The number of carbonyl (C=O) groups excluding carboxylic acids is 1. The first-order chi connectivity index (χ1) is 5.24. The van der Waals surface area contributed by atoms with Crippen molar-refractivity contribution in [3.05, 3.63) is 24.2 Å². The molecule has 1 heterocycles. The van der Waals surface area contributed by atoms with Gasteiger partial charge < -0.3 is 5.32 Å². The summed E-state index contributed by atoms with van der Waals surface area (Å²) in [5.74, 6) is 0. The van der Waals surface area contributed by atoms with Crippen LogP contribution in [0.5, 0.6) is 0 Å². The molecule has 0 spiro atoms. The van der Waals surface area contributed by atoms with Crippen molar-refractivity contribution < 1.29 is 4.79 Å². The fourth-order valence-electron chi connectivity index (χ4n) is 0.782. The Morgan fingerprint density at radius 2 is 2.18 bits per heavy atom. The second-order valence-electron chi connectivity index (χ2n) is 2.31. The molecule has 11 heavy (non-hydrogen) atoms. The molecule has 0 atom stereocenters. The summed E-state index contributed by atoms with van der Waals surface area (Å²) >= 11 is 0. The van der Waals surface area contributed by atoms with Crippen LogP contribution in [0.15, 0.2) is 24.2 Å². The maximum Gasteiger partial charge on any atom is 0.211 e. The Balaban J connectivity index is 2.63. The van der Waals surface area contributed by atoms with E-state index in [9.17, 15) is 4.79 Å². The molecule has 0 bridgehead atoms. The van der Waals surface area contributed by atoms with E-state index in [0.29, 0.717) is 6.41 Å². The van der Waals surface area contributed by atoms with Crippen molar-refractivity contribution in [3.63, 3.8) is 0 Å². The van der Waals surface area contributed by atoms with Crippen LogP contribution >= 0.6 is 0 Å². The van der Waals surface area contributed by atoms with Crippen molar-refractivity contribution in [1.82, 2.24) is 15.3 Å². The van der Waals surface area contributed by atoms with Gasteiger partial charge in [0.15, 0.2) is 0 Å². The lowest BCUT2D eigenvalue weighted by molar-refractivity contribution is -0.108. The van der Waals surface area contributed by atoms with E-state index in [1.807, 2.05) is 42.6 Å². The number of hydrogen-bond acceptors (Lipinski definition) is 3. The molecule has 0 unspecified atom stereocenters. The zero-order valence-electron chi connectivity index (χ0n) is 6.61. The molecule has 1 rings (SSSR count). The summed E-state index contributed by atoms with van der Waals surface area (Å²) in [6.07, 6.45) is 6.18. The molecule has 1 aliphatic heterocycles. The minimum Gasteiger partial charge on any atom is -0.327 e. The van der Waals surface area contributed by atoms with Gasteiger partial charge in [-0.3, -0.25) is 14.8 Å². The molecule has 0 saturated heterocycles. The lowest BCUT2D eigenvalue weighted by atomic mass is 10.4. The Bertz CT molecular complexity index is 210. The Labute approximate surface area is 65.7 Å². The van der Waals surface area contributed by atoms with Gasteiger partial charge in [-0.05, 0) is 6.08 Å². The summed E-state index contributed by atoms with van der Waals surface area (Å²) in [5, 5.41) is 6.33. The number of carbonyl (C=O) groups is 1. The first-order valence-corrected chi connectivity index (χ1v) is 3.30. The summed E-state index contributed by atoms with van der Waals surface area (Å²) in [7, 11) is 3.82. The van der Waals surface area contributed by atoms with Gasteiger partial charge in [-0.2, -0.15) is 0 Å². The molecular weight excluding hydrogens is 142 g/mol. The van der Waals surface area contributed by atoms with Crippen molar-refractivity contribution in [3.8, 4) is 0 Å². The van der Waals surface area contributed by atoms with E-state index in [0.717, 1.165) is 5.70 Å². The van der Waals surface area contributed by atoms with Crippen LogP contribution in [0.4, 0.5) is 0 Å². The summed E-state index contributed by atoms with van der Waals surface area (Å²) < 4.78 is 0. The molecule has 1 aliphatic rings. The smallest absolute Gasteiger partial charge is 0.211 e. The molecular formula is C7H11N3O. The van der Waals surface area contributed by atoms with Gasteiger partial charge in [0.25, 0.3) is 0 Å². The third-order valence-electron chi connectivity index (χ3n) is 1.52. The van der Waals surface area contributed by atoms with Crippen LogP contribution in [-0.2, 0) is 4.79 Å². The van der Waals surface area contributed by atoms with E-state index in [4.69, 9.17) is 0 Å². The third-order valence-corrected chi connectivity index (χ3v) is 1.52. The topological polar surface area (TPSA) is 35.6 Å². The number of hydrazine groups is 1. The Morgan fingerprint density at radius 3 is 2.73 bits per heavy atom. The van der Waals surface area contributed by atoms with Gasteiger partial charge in [0, 0.05) is 26.5 Å². The van der Waals surface area contributed by atoms with Crippen LogP contribution in [0.3, 0.4) is 0 Å². The highest BCUT2D eigenvalue weighted by molar-refractivity contribution is 5.51. The largest absolute Gasteiger partial charge is 0.327 e. The minimum atomic E-state index is 0.662. The summed E-state index contributed by atoms with van der Waals surface area (Å²) in [5.41, 5.74) is 0.792. The molecule has 0 fully saturated rings. The van der Waals surface area contributed by atoms with Gasteiger partial charge in [0.1, 0.15) is 0 Å². The van der Waals surface area contributed by atoms with E-state index in [1.165, 1.54) is 0 Å². The highest BCUT2D eigenvalue weighted by Gasteiger charge is 2.03. The molecule has 0 aromatic heterocycles. The molecule has 60 valence electrons.